The Labute approximate surface area is 128 Å². The molecule has 5 nitrogen and oxygen atoms in total. The van der Waals surface area contributed by atoms with E-state index < -0.39 is 0 Å². The van der Waals surface area contributed by atoms with Gasteiger partial charge in [-0.1, -0.05) is 23.9 Å². The van der Waals surface area contributed by atoms with Crippen molar-refractivity contribution in [2.75, 3.05) is 13.1 Å². The van der Waals surface area contributed by atoms with Gasteiger partial charge in [0, 0.05) is 36.4 Å². The number of benzene rings is 1. The first-order chi connectivity index (χ1) is 10.1. The van der Waals surface area contributed by atoms with Gasteiger partial charge in [-0.15, -0.1) is 0 Å². The van der Waals surface area contributed by atoms with Gasteiger partial charge in [-0.25, -0.2) is 0 Å². The molecule has 1 aromatic rings. The van der Waals surface area contributed by atoms with Crippen molar-refractivity contribution in [2.24, 2.45) is 17.4 Å². The van der Waals surface area contributed by atoms with Crippen molar-refractivity contribution in [3.8, 4) is 0 Å². The van der Waals surface area contributed by atoms with E-state index in [1.54, 1.807) is 12.1 Å². The van der Waals surface area contributed by atoms with Crippen LogP contribution in [-0.4, -0.2) is 30.2 Å². The molecule has 5 N–H and O–H groups in total. The molecule has 114 valence electrons. The third kappa shape index (κ3) is 4.56. The first-order valence-electron chi connectivity index (χ1n) is 7.09. The highest BCUT2D eigenvalue weighted by Gasteiger charge is 2.31. The molecule has 0 aromatic heterocycles. The lowest BCUT2D eigenvalue weighted by Crippen LogP contribution is -2.39. The molecule has 0 saturated heterocycles. The second-order valence-corrected chi connectivity index (χ2v) is 6.26. The van der Waals surface area contributed by atoms with Crippen molar-refractivity contribution in [1.82, 2.24) is 5.32 Å². The van der Waals surface area contributed by atoms with Crippen molar-refractivity contribution in [3.05, 3.63) is 35.4 Å². The zero-order valence-corrected chi connectivity index (χ0v) is 12.7. The van der Waals surface area contributed by atoms with E-state index in [0.29, 0.717) is 24.4 Å². The van der Waals surface area contributed by atoms with E-state index in [-0.39, 0.29) is 23.0 Å². The molecule has 1 amide bonds. The zero-order valence-electron chi connectivity index (χ0n) is 11.9. The minimum Gasteiger partial charge on any atom is -0.351 e. The highest BCUT2D eigenvalue weighted by Crippen LogP contribution is 2.31. The largest absolute Gasteiger partial charge is 0.351 e. The monoisotopic (exact) mass is 307 g/mol. The van der Waals surface area contributed by atoms with E-state index in [2.05, 4.69) is 5.32 Å². The molecule has 0 radical (unpaired) electrons. The summed E-state index contributed by atoms with van der Waals surface area (Å²) in [5, 5.41) is 2.94. The fourth-order valence-electron chi connectivity index (χ4n) is 2.17. The molecule has 0 aliphatic heterocycles. The fraction of sp³-hybridized carbons (Fsp3) is 0.467. The van der Waals surface area contributed by atoms with Crippen LogP contribution >= 0.6 is 11.8 Å². The molecule has 1 aliphatic carbocycles. The van der Waals surface area contributed by atoms with Gasteiger partial charge in [0.1, 0.15) is 0 Å². The van der Waals surface area contributed by atoms with Gasteiger partial charge in [-0.05, 0) is 30.5 Å². The fourth-order valence-corrected chi connectivity index (χ4v) is 3.10. The Morgan fingerprint density at radius 2 is 1.90 bits per heavy atom. The first-order valence-corrected chi connectivity index (χ1v) is 8.08. The summed E-state index contributed by atoms with van der Waals surface area (Å²) in [5.74, 6) is 0.639. The smallest absolute Gasteiger partial charge is 0.251 e. The Hall–Kier alpha value is -1.37. The van der Waals surface area contributed by atoms with Crippen LogP contribution in [0.5, 0.6) is 0 Å². The van der Waals surface area contributed by atoms with Crippen LogP contribution < -0.4 is 16.8 Å². The minimum absolute atomic E-state index is 0.126. The second-order valence-electron chi connectivity index (χ2n) is 5.28. The molecule has 1 aromatic carbocycles. The Kier molecular flexibility index (Phi) is 5.78. The third-order valence-electron chi connectivity index (χ3n) is 3.53. The predicted octanol–water partition coefficient (Wildman–Crippen LogP) is 0.872. The summed E-state index contributed by atoms with van der Waals surface area (Å²) in [4.78, 5) is 23.6. The van der Waals surface area contributed by atoms with E-state index in [9.17, 15) is 9.59 Å². The van der Waals surface area contributed by atoms with Gasteiger partial charge in [0.05, 0.1) is 0 Å². The lowest BCUT2D eigenvalue weighted by atomic mass is 9.82. The SMILES string of the molecule is NCCNC(=O)c1ccc(CSC(=O)C2CC(N)C2)cc1. The summed E-state index contributed by atoms with van der Waals surface area (Å²) in [7, 11) is 0. The van der Waals surface area contributed by atoms with E-state index in [1.165, 1.54) is 11.8 Å². The number of carbonyl (C=O) groups excluding carboxylic acids is 2. The lowest BCUT2D eigenvalue weighted by Gasteiger charge is -2.30. The third-order valence-corrected chi connectivity index (χ3v) is 4.63. The summed E-state index contributed by atoms with van der Waals surface area (Å²) < 4.78 is 0. The van der Waals surface area contributed by atoms with Crippen LogP contribution in [-0.2, 0) is 10.5 Å². The zero-order chi connectivity index (χ0) is 15.2. The van der Waals surface area contributed by atoms with Crippen LogP contribution in [0.3, 0.4) is 0 Å². The molecule has 1 fully saturated rings. The number of nitrogens with one attached hydrogen (secondary N) is 1. The molecule has 1 aliphatic rings. The summed E-state index contributed by atoms with van der Waals surface area (Å²) >= 11 is 1.33. The predicted molar refractivity (Wildman–Crippen MR) is 84.8 cm³/mol. The maximum Gasteiger partial charge on any atom is 0.251 e. The molecule has 21 heavy (non-hydrogen) atoms. The lowest BCUT2D eigenvalue weighted by molar-refractivity contribution is -0.116. The van der Waals surface area contributed by atoms with Crippen LogP contribution in [0.15, 0.2) is 24.3 Å². The molecule has 0 atom stereocenters. The van der Waals surface area contributed by atoms with Crippen molar-refractivity contribution >= 4 is 22.8 Å². The van der Waals surface area contributed by atoms with Crippen LogP contribution in [0, 0.1) is 5.92 Å². The van der Waals surface area contributed by atoms with Gasteiger partial charge in [-0.3, -0.25) is 9.59 Å². The van der Waals surface area contributed by atoms with Crippen molar-refractivity contribution in [3.63, 3.8) is 0 Å². The van der Waals surface area contributed by atoms with Crippen molar-refractivity contribution in [1.29, 1.82) is 0 Å². The highest BCUT2D eigenvalue weighted by atomic mass is 32.2. The standard InChI is InChI=1S/C15H21N3O2S/c16-5-6-18-14(19)11-3-1-10(2-4-11)9-21-15(20)12-7-13(17)8-12/h1-4,12-13H,5-9,16-17H2,(H,18,19). The maximum absolute atomic E-state index is 11.9. The van der Waals surface area contributed by atoms with Gasteiger partial charge in [0.25, 0.3) is 5.91 Å². The minimum atomic E-state index is -0.126. The van der Waals surface area contributed by atoms with E-state index in [0.717, 1.165) is 18.4 Å². The second kappa shape index (κ2) is 7.59. The number of thioether (sulfide) groups is 1. The average Bonchev–Trinajstić information content (AvgIpc) is 2.47. The number of rotatable bonds is 6. The van der Waals surface area contributed by atoms with E-state index >= 15 is 0 Å². The van der Waals surface area contributed by atoms with Crippen molar-refractivity contribution < 1.29 is 9.59 Å². The number of amides is 1. The van der Waals surface area contributed by atoms with Gasteiger partial charge in [0.15, 0.2) is 5.12 Å². The summed E-state index contributed by atoms with van der Waals surface area (Å²) in [5.41, 5.74) is 12.7. The molecule has 0 spiro atoms. The Balaban J connectivity index is 1.79. The van der Waals surface area contributed by atoms with E-state index in [4.69, 9.17) is 11.5 Å². The quantitative estimate of drug-likeness (QED) is 0.724. The molecule has 0 unspecified atom stereocenters. The molecule has 6 heteroatoms. The number of hydrogen-bond donors (Lipinski definition) is 3. The topological polar surface area (TPSA) is 98.2 Å². The van der Waals surface area contributed by atoms with Gasteiger partial charge >= 0.3 is 0 Å². The molecule has 0 bridgehead atoms. The summed E-state index contributed by atoms with van der Waals surface area (Å²) in [6, 6.07) is 7.50. The van der Waals surface area contributed by atoms with Crippen LogP contribution in [0.2, 0.25) is 0 Å². The first kappa shape index (κ1) is 16.0. The van der Waals surface area contributed by atoms with Crippen LogP contribution in [0.25, 0.3) is 0 Å². The van der Waals surface area contributed by atoms with Gasteiger partial charge < -0.3 is 16.8 Å². The number of nitrogens with two attached hydrogens (primary N) is 2. The van der Waals surface area contributed by atoms with Crippen LogP contribution in [0.1, 0.15) is 28.8 Å². The van der Waals surface area contributed by atoms with Gasteiger partial charge in [0.2, 0.25) is 0 Å². The van der Waals surface area contributed by atoms with Crippen molar-refractivity contribution in [2.45, 2.75) is 24.6 Å². The molecular formula is C15H21N3O2S. The Bertz CT molecular complexity index is 498. The Morgan fingerprint density at radius 3 is 2.48 bits per heavy atom. The summed E-state index contributed by atoms with van der Waals surface area (Å²) in [6.07, 6.45) is 1.62. The molecular weight excluding hydrogens is 286 g/mol. The average molecular weight is 307 g/mol. The highest BCUT2D eigenvalue weighted by molar-refractivity contribution is 8.13. The Morgan fingerprint density at radius 1 is 1.24 bits per heavy atom. The molecule has 0 heterocycles. The molecule has 2 rings (SSSR count). The normalized spacial score (nSPS) is 20.7. The number of carbonyl (C=O) groups is 2. The van der Waals surface area contributed by atoms with E-state index in [1.807, 2.05) is 12.1 Å². The maximum atomic E-state index is 11.9. The summed E-state index contributed by atoms with van der Waals surface area (Å²) in [6.45, 7) is 0.891. The molecule has 1 saturated carbocycles. The number of hydrogen-bond acceptors (Lipinski definition) is 5. The van der Waals surface area contributed by atoms with Gasteiger partial charge in [-0.2, -0.15) is 0 Å². The van der Waals surface area contributed by atoms with Crippen LogP contribution in [0.4, 0.5) is 0 Å².